The van der Waals surface area contributed by atoms with Crippen molar-refractivity contribution in [1.29, 1.82) is 0 Å². The summed E-state index contributed by atoms with van der Waals surface area (Å²) in [6, 6.07) is 0. The molecule has 0 atom stereocenters. The molecule has 3 heterocycles. The summed E-state index contributed by atoms with van der Waals surface area (Å²) in [5.41, 5.74) is 9.51. The molecule has 0 spiro atoms. The van der Waals surface area contributed by atoms with Crippen molar-refractivity contribution in [2.24, 2.45) is 7.05 Å². The van der Waals surface area contributed by atoms with Gasteiger partial charge in [-0.15, -0.1) is 23.7 Å². The molecule has 2 N–H and O–H groups in total. The molecular weight excluding hydrogens is 332 g/mol. The summed E-state index contributed by atoms with van der Waals surface area (Å²) < 4.78 is 1.98. The molecule has 0 aromatic carbocycles. The van der Waals surface area contributed by atoms with Crippen molar-refractivity contribution < 1.29 is 0 Å². The molecule has 2 aromatic heterocycles. The first-order valence-electron chi connectivity index (χ1n) is 7.67. The number of nitrogens with two attached hydrogens (primary N) is 1. The number of nitrogens with zero attached hydrogens (tertiary/aromatic N) is 5. The fourth-order valence-corrected chi connectivity index (χ4v) is 3.72. The number of anilines is 1. The predicted molar refractivity (Wildman–Crippen MR) is 97.0 cm³/mol. The largest absolute Gasteiger partial charge is 0.375 e. The normalized spacial score (nSPS) is 16.5. The molecule has 0 unspecified atom stereocenters. The summed E-state index contributed by atoms with van der Waals surface area (Å²) >= 11 is 1.59. The van der Waals surface area contributed by atoms with Crippen molar-refractivity contribution in [3.8, 4) is 0 Å². The molecule has 128 valence electrons. The van der Waals surface area contributed by atoms with Crippen molar-refractivity contribution in [3.05, 3.63) is 28.0 Å². The molecule has 0 amide bonds. The number of piperazine rings is 1. The van der Waals surface area contributed by atoms with Crippen LogP contribution in [0.4, 0.5) is 5.13 Å². The molecular formula is C15H25ClN6S. The van der Waals surface area contributed by atoms with Crippen molar-refractivity contribution in [2.75, 3.05) is 31.9 Å². The fourth-order valence-electron chi connectivity index (χ4n) is 2.99. The lowest BCUT2D eigenvalue weighted by molar-refractivity contribution is 0.122. The highest BCUT2D eigenvalue weighted by atomic mass is 35.5. The van der Waals surface area contributed by atoms with Crippen LogP contribution >= 0.6 is 23.7 Å². The maximum atomic E-state index is 5.69. The zero-order chi connectivity index (χ0) is 15.7. The lowest BCUT2D eigenvalue weighted by Gasteiger charge is -2.34. The van der Waals surface area contributed by atoms with Crippen LogP contribution in [0.1, 0.15) is 21.8 Å². The number of nitrogen functional groups attached to an aromatic ring is 1. The predicted octanol–water partition coefficient (Wildman–Crippen LogP) is 1.82. The van der Waals surface area contributed by atoms with Crippen molar-refractivity contribution in [2.45, 2.75) is 26.9 Å². The third-order valence-corrected chi connectivity index (χ3v) is 5.27. The van der Waals surface area contributed by atoms with E-state index in [2.05, 4.69) is 33.7 Å². The lowest BCUT2D eigenvalue weighted by Crippen LogP contribution is -2.45. The zero-order valence-corrected chi connectivity index (χ0v) is 15.6. The first-order valence-corrected chi connectivity index (χ1v) is 8.48. The fraction of sp³-hybridized carbons (Fsp3) is 0.600. The van der Waals surface area contributed by atoms with Gasteiger partial charge in [-0.1, -0.05) is 0 Å². The van der Waals surface area contributed by atoms with Crippen LogP contribution in [0.25, 0.3) is 0 Å². The lowest BCUT2D eigenvalue weighted by atomic mass is 10.1. The van der Waals surface area contributed by atoms with E-state index < -0.39 is 0 Å². The van der Waals surface area contributed by atoms with E-state index in [1.807, 2.05) is 17.9 Å². The molecule has 23 heavy (non-hydrogen) atoms. The van der Waals surface area contributed by atoms with Gasteiger partial charge >= 0.3 is 0 Å². The smallest absolute Gasteiger partial charge is 0.180 e. The Morgan fingerprint density at radius 2 is 1.74 bits per heavy atom. The summed E-state index contributed by atoms with van der Waals surface area (Å²) in [6.45, 7) is 10.6. The van der Waals surface area contributed by atoms with Gasteiger partial charge in [-0.2, -0.15) is 5.10 Å². The maximum Gasteiger partial charge on any atom is 0.180 e. The number of halogens is 1. The van der Waals surface area contributed by atoms with Gasteiger partial charge in [0.15, 0.2) is 5.13 Å². The first-order chi connectivity index (χ1) is 10.5. The van der Waals surface area contributed by atoms with Crippen LogP contribution in [0.3, 0.4) is 0 Å². The summed E-state index contributed by atoms with van der Waals surface area (Å²) in [6.07, 6.45) is 1.90. The van der Waals surface area contributed by atoms with Crippen LogP contribution in [-0.4, -0.2) is 50.7 Å². The Hall–Kier alpha value is -1.15. The third kappa shape index (κ3) is 4.23. The molecule has 1 aliphatic rings. The van der Waals surface area contributed by atoms with Crippen LogP contribution in [0.2, 0.25) is 0 Å². The van der Waals surface area contributed by atoms with Gasteiger partial charge in [0.25, 0.3) is 0 Å². The third-order valence-electron chi connectivity index (χ3n) is 4.46. The summed E-state index contributed by atoms with van der Waals surface area (Å²) in [7, 11) is 2.02. The highest BCUT2D eigenvalue weighted by Gasteiger charge is 2.20. The number of rotatable bonds is 4. The van der Waals surface area contributed by atoms with E-state index in [1.165, 1.54) is 16.1 Å². The van der Waals surface area contributed by atoms with Crippen molar-refractivity contribution in [1.82, 2.24) is 24.6 Å². The topological polar surface area (TPSA) is 63.2 Å². The molecule has 0 bridgehead atoms. The van der Waals surface area contributed by atoms with E-state index in [0.29, 0.717) is 5.13 Å². The van der Waals surface area contributed by atoms with Crippen LogP contribution in [0.5, 0.6) is 0 Å². The molecule has 0 aliphatic carbocycles. The Morgan fingerprint density at radius 3 is 2.22 bits per heavy atom. The number of hydrogen-bond donors (Lipinski definition) is 1. The number of hydrogen-bond acceptors (Lipinski definition) is 6. The minimum Gasteiger partial charge on any atom is -0.375 e. The number of aryl methyl sites for hydroxylation is 2. The Balaban J connectivity index is 0.00000192. The average Bonchev–Trinajstić information content (AvgIpc) is 2.99. The molecule has 2 aromatic rings. The van der Waals surface area contributed by atoms with E-state index in [9.17, 15) is 0 Å². The second-order valence-corrected chi connectivity index (χ2v) is 7.14. The van der Waals surface area contributed by atoms with Gasteiger partial charge in [-0.05, 0) is 13.8 Å². The molecule has 1 aliphatic heterocycles. The second-order valence-electron chi connectivity index (χ2n) is 5.99. The minimum absolute atomic E-state index is 0. The Morgan fingerprint density at radius 1 is 1.13 bits per heavy atom. The number of aromatic nitrogens is 3. The molecule has 1 saturated heterocycles. The Labute approximate surface area is 147 Å². The van der Waals surface area contributed by atoms with Crippen LogP contribution < -0.4 is 5.73 Å². The Bertz CT molecular complexity index is 644. The molecule has 6 nitrogen and oxygen atoms in total. The second kappa shape index (κ2) is 7.61. The van der Waals surface area contributed by atoms with Gasteiger partial charge in [0, 0.05) is 68.6 Å². The van der Waals surface area contributed by atoms with E-state index in [1.54, 1.807) is 11.3 Å². The summed E-state index contributed by atoms with van der Waals surface area (Å²) in [5.74, 6) is 0. The highest BCUT2D eigenvalue weighted by Crippen LogP contribution is 2.19. The van der Waals surface area contributed by atoms with Crippen molar-refractivity contribution >= 4 is 28.9 Å². The van der Waals surface area contributed by atoms with E-state index in [0.717, 1.165) is 45.0 Å². The van der Waals surface area contributed by atoms with Gasteiger partial charge in [-0.25, -0.2) is 4.98 Å². The van der Waals surface area contributed by atoms with Crippen LogP contribution in [-0.2, 0) is 20.1 Å². The quantitative estimate of drug-likeness (QED) is 0.905. The van der Waals surface area contributed by atoms with E-state index in [-0.39, 0.29) is 12.4 Å². The first kappa shape index (κ1) is 18.2. The average molecular weight is 357 g/mol. The van der Waals surface area contributed by atoms with Gasteiger partial charge in [0.2, 0.25) is 0 Å². The van der Waals surface area contributed by atoms with Gasteiger partial charge in [0.05, 0.1) is 5.69 Å². The molecule has 3 rings (SSSR count). The van der Waals surface area contributed by atoms with Crippen molar-refractivity contribution in [3.63, 3.8) is 0 Å². The van der Waals surface area contributed by atoms with Gasteiger partial charge in [0.1, 0.15) is 0 Å². The van der Waals surface area contributed by atoms with Gasteiger partial charge in [-0.3, -0.25) is 14.5 Å². The zero-order valence-electron chi connectivity index (χ0n) is 13.9. The molecule has 8 heteroatoms. The molecule has 0 radical (unpaired) electrons. The minimum atomic E-state index is 0. The Kier molecular flexibility index (Phi) is 6.02. The monoisotopic (exact) mass is 356 g/mol. The molecule has 1 fully saturated rings. The van der Waals surface area contributed by atoms with Gasteiger partial charge < -0.3 is 5.73 Å². The van der Waals surface area contributed by atoms with Crippen LogP contribution in [0.15, 0.2) is 6.20 Å². The molecule has 0 saturated carbocycles. The SMILES string of the molecule is Cc1nn(C)c(C)c1CN1CCN(Cc2cnc(N)s2)CC1.Cl. The summed E-state index contributed by atoms with van der Waals surface area (Å²) in [5, 5.41) is 5.17. The summed E-state index contributed by atoms with van der Waals surface area (Å²) in [4.78, 5) is 10.4. The number of thiazole rings is 1. The standard InChI is InChI=1S/C15H24N6S.ClH/c1-11-14(12(2)19(3)18-11)10-21-6-4-20(5-7-21)9-13-8-17-15(16)22-13;/h8H,4-7,9-10H2,1-3H3,(H2,16,17);1H. The highest BCUT2D eigenvalue weighted by molar-refractivity contribution is 7.15. The van der Waals surface area contributed by atoms with E-state index >= 15 is 0 Å². The van der Waals surface area contributed by atoms with Crippen LogP contribution in [0, 0.1) is 13.8 Å². The maximum absolute atomic E-state index is 5.69. The van der Waals surface area contributed by atoms with E-state index in [4.69, 9.17) is 5.73 Å².